The van der Waals surface area contributed by atoms with Crippen LogP contribution in [0.2, 0.25) is 0 Å². The topological polar surface area (TPSA) is 120 Å². The van der Waals surface area contributed by atoms with E-state index in [9.17, 15) is 28.4 Å². The van der Waals surface area contributed by atoms with E-state index < -0.39 is 30.0 Å². The van der Waals surface area contributed by atoms with Crippen molar-refractivity contribution < 1.29 is 23.1 Å². The number of carbonyl (C=O) groups is 2. The summed E-state index contributed by atoms with van der Waals surface area (Å²) in [4.78, 5) is 41.7. The van der Waals surface area contributed by atoms with Gasteiger partial charge in [-0.25, -0.2) is 8.78 Å². The third-order valence-electron chi connectivity index (χ3n) is 5.93. The van der Waals surface area contributed by atoms with Crippen LogP contribution >= 0.6 is 11.3 Å². The van der Waals surface area contributed by atoms with Gasteiger partial charge in [0.2, 0.25) is 0 Å². The van der Waals surface area contributed by atoms with Crippen molar-refractivity contribution in [2.24, 2.45) is 0 Å². The number of ether oxygens (including phenoxy) is 1. The normalized spacial score (nSPS) is 15.3. The minimum absolute atomic E-state index is 0.0789. The second-order valence-corrected chi connectivity index (χ2v) is 9.36. The van der Waals surface area contributed by atoms with Gasteiger partial charge in [-0.1, -0.05) is 13.0 Å². The van der Waals surface area contributed by atoms with Crippen molar-refractivity contribution in [1.82, 2.24) is 19.7 Å². The summed E-state index contributed by atoms with van der Waals surface area (Å²) in [6, 6.07) is 8.58. The molecule has 2 heterocycles. The largest absolute Gasteiger partial charge is 0.484 e. The van der Waals surface area contributed by atoms with Crippen molar-refractivity contribution in [1.29, 1.82) is 5.26 Å². The zero-order valence-electron chi connectivity index (χ0n) is 21.2. The molecule has 0 atom stereocenters. The van der Waals surface area contributed by atoms with Gasteiger partial charge < -0.3 is 25.2 Å². The summed E-state index contributed by atoms with van der Waals surface area (Å²) in [6.07, 6.45) is -1.33. The van der Waals surface area contributed by atoms with Crippen LogP contribution in [0.3, 0.4) is 0 Å². The van der Waals surface area contributed by atoms with E-state index in [-0.39, 0.29) is 28.3 Å². The summed E-state index contributed by atoms with van der Waals surface area (Å²) >= 11 is 0.901. The highest BCUT2D eigenvalue weighted by atomic mass is 32.1. The standard InChI is InChI=1S/C25H30F2N6O4S/c1-3-31-8-10-32(11-9-31)22(34)16-37-18-7-5-6-17(12-18)29-14-20-24(36)33(4-2)25(38-20)19(13-28)23(35)30-15-21(26)27/h5-7,12,14,21,29H,3-4,8-11,15-16H2,1-2H3,(H,30,35). The Bertz CT molecular complexity index is 1360. The summed E-state index contributed by atoms with van der Waals surface area (Å²) in [7, 11) is 0. The van der Waals surface area contributed by atoms with Crippen LogP contribution in [0.4, 0.5) is 14.5 Å². The Morgan fingerprint density at radius 1 is 1.21 bits per heavy atom. The van der Waals surface area contributed by atoms with Gasteiger partial charge >= 0.3 is 0 Å². The van der Waals surface area contributed by atoms with Crippen molar-refractivity contribution in [3.05, 3.63) is 43.8 Å². The number of carbonyl (C=O) groups excluding carboxylic acids is 2. The smallest absolute Gasteiger partial charge is 0.270 e. The molecule has 0 saturated carbocycles. The summed E-state index contributed by atoms with van der Waals surface area (Å²) in [5.74, 6) is -0.584. The van der Waals surface area contributed by atoms with E-state index in [1.54, 1.807) is 42.2 Å². The van der Waals surface area contributed by atoms with E-state index in [1.165, 1.54) is 10.8 Å². The first kappa shape index (κ1) is 28.8. The molecule has 1 fully saturated rings. The summed E-state index contributed by atoms with van der Waals surface area (Å²) in [6.45, 7) is 6.95. The maximum absolute atomic E-state index is 12.8. The summed E-state index contributed by atoms with van der Waals surface area (Å²) < 4.78 is 32.1. The van der Waals surface area contributed by atoms with E-state index in [0.717, 1.165) is 31.0 Å². The quantitative estimate of drug-likeness (QED) is 0.441. The van der Waals surface area contributed by atoms with Crippen LogP contribution < -0.4 is 30.1 Å². The van der Waals surface area contributed by atoms with E-state index in [2.05, 4.69) is 17.1 Å². The molecule has 0 bridgehead atoms. The number of hydrogen-bond acceptors (Lipinski definition) is 8. The van der Waals surface area contributed by atoms with Gasteiger partial charge in [-0.15, -0.1) is 11.3 Å². The lowest BCUT2D eigenvalue weighted by molar-refractivity contribution is -0.135. The number of anilines is 1. The van der Waals surface area contributed by atoms with Crippen LogP contribution in [-0.2, 0) is 16.1 Å². The van der Waals surface area contributed by atoms with Crippen LogP contribution in [0.5, 0.6) is 5.75 Å². The highest BCUT2D eigenvalue weighted by molar-refractivity contribution is 7.07. The molecule has 0 spiro atoms. The van der Waals surface area contributed by atoms with Crippen LogP contribution in [0.1, 0.15) is 13.8 Å². The molecule has 3 rings (SSSR count). The molecule has 0 radical (unpaired) electrons. The Balaban J connectivity index is 1.73. The number of thiazole rings is 1. The van der Waals surface area contributed by atoms with Gasteiger partial charge in [0.25, 0.3) is 23.8 Å². The molecule has 1 aliphatic heterocycles. The van der Waals surface area contributed by atoms with Gasteiger partial charge in [-0.3, -0.25) is 19.0 Å². The number of aromatic nitrogens is 1. The fourth-order valence-electron chi connectivity index (χ4n) is 3.82. The number of amides is 2. The van der Waals surface area contributed by atoms with Crippen molar-refractivity contribution in [3.8, 4) is 11.8 Å². The van der Waals surface area contributed by atoms with Crippen molar-refractivity contribution in [2.75, 3.05) is 51.2 Å². The zero-order chi connectivity index (χ0) is 27.7. The fourth-order valence-corrected chi connectivity index (χ4v) is 4.91. The second kappa shape index (κ2) is 13.7. The van der Waals surface area contributed by atoms with E-state index in [1.807, 2.05) is 5.32 Å². The van der Waals surface area contributed by atoms with Gasteiger partial charge in [0.1, 0.15) is 21.0 Å². The molecule has 10 nitrogen and oxygen atoms in total. The number of halogens is 2. The number of hydrogen-bond donors (Lipinski definition) is 2. The monoisotopic (exact) mass is 548 g/mol. The maximum atomic E-state index is 12.8. The van der Waals surface area contributed by atoms with Crippen LogP contribution in [0, 0.1) is 11.3 Å². The number of nitriles is 1. The molecule has 13 heteroatoms. The average Bonchev–Trinajstić information content (AvgIpc) is 3.24. The lowest BCUT2D eigenvalue weighted by Crippen LogP contribution is -2.49. The Hall–Kier alpha value is -3.76. The van der Waals surface area contributed by atoms with Crippen LogP contribution in [0.25, 0.3) is 11.8 Å². The first-order valence-electron chi connectivity index (χ1n) is 12.2. The number of benzene rings is 1. The number of piperazine rings is 1. The molecule has 1 aromatic carbocycles. The highest BCUT2D eigenvalue weighted by Crippen LogP contribution is 2.17. The molecular weight excluding hydrogens is 518 g/mol. The van der Waals surface area contributed by atoms with E-state index in [0.29, 0.717) is 24.5 Å². The number of likely N-dealkylation sites (N-methyl/N-ethyl adjacent to an activating group) is 1. The lowest BCUT2D eigenvalue weighted by Gasteiger charge is -2.33. The predicted octanol–water partition coefficient (Wildman–Crippen LogP) is 0.378. The predicted molar refractivity (Wildman–Crippen MR) is 140 cm³/mol. The molecule has 0 unspecified atom stereocenters. The molecule has 2 amide bonds. The average molecular weight is 549 g/mol. The zero-order valence-corrected chi connectivity index (χ0v) is 22.0. The Morgan fingerprint density at radius 3 is 2.58 bits per heavy atom. The number of rotatable bonds is 10. The van der Waals surface area contributed by atoms with Crippen LogP contribution in [0.15, 0.2) is 29.1 Å². The van der Waals surface area contributed by atoms with E-state index >= 15 is 0 Å². The Labute approximate surface area is 222 Å². The number of nitrogens with one attached hydrogen (secondary N) is 2. The molecule has 38 heavy (non-hydrogen) atoms. The summed E-state index contributed by atoms with van der Waals surface area (Å²) in [5, 5.41) is 14.4. The van der Waals surface area contributed by atoms with Gasteiger partial charge in [0.15, 0.2) is 12.2 Å². The molecule has 1 saturated heterocycles. The molecule has 204 valence electrons. The van der Waals surface area contributed by atoms with Gasteiger partial charge in [-0.05, 0) is 25.6 Å². The molecule has 2 aromatic rings. The van der Waals surface area contributed by atoms with Crippen molar-refractivity contribution >= 4 is 40.6 Å². The van der Waals surface area contributed by atoms with Crippen molar-refractivity contribution in [2.45, 2.75) is 26.8 Å². The molecule has 1 aromatic heterocycles. The fraction of sp³-hybridized carbons (Fsp3) is 0.440. The van der Waals surface area contributed by atoms with Crippen LogP contribution in [-0.4, -0.2) is 78.5 Å². The SMILES string of the molecule is CCN1CCN(C(=O)COc2cccc(NC=c3sc(=C(C#N)C(=O)NCC(F)F)n(CC)c3=O)c2)CC1. The highest BCUT2D eigenvalue weighted by Gasteiger charge is 2.20. The minimum Gasteiger partial charge on any atom is -0.484 e. The third-order valence-corrected chi connectivity index (χ3v) is 7.06. The minimum atomic E-state index is -2.77. The van der Waals surface area contributed by atoms with Gasteiger partial charge in [0, 0.05) is 50.7 Å². The molecule has 1 aliphatic rings. The molecule has 2 N–H and O–H groups in total. The lowest BCUT2D eigenvalue weighted by atomic mass is 10.3. The third kappa shape index (κ3) is 7.39. The first-order valence-corrected chi connectivity index (χ1v) is 13.0. The molecular formula is C25H30F2N6O4S. The Morgan fingerprint density at radius 2 is 1.95 bits per heavy atom. The maximum Gasteiger partial charge on any atom is 0.270 e. The van der Waals surface area contributed by atoms with Gasteiger partial charge in [0.05, 0.1) is 6.54 Å². The van der Waals surface area contributed by atoms with Gasteiger partial charge in [-0.2, -0.15) is 5.26 Å². The molecule has 0 aliphatic carbocycles. The summed E-state index contributed by atoms with van der Waals surface area (Å²) in [5.41, 5.74) is -0.260. The Kier molecular flexibility index (Phi) is 10.4. The second-order valence-electron chi connectivity index (χ2n) is 8.33. The van der Waals surface area contributed by atoms with E-state index in [4.69, 9.17) is 4.74 Å². The van der Waals surface area contributed by atoms with Crippen molar-refractivity contribution in [3.63, 3.8) is 0 Å². The number of nitrogens with zero attached hydrogens (tertiary/aromatic N) is 4. The number of alkyl halides is 2. The first-order chi connectivity index (χ1) is 18.3.